The van der Waals surface area contributed by atoms with Gasteiger partial charge in [-0.2, -0.15) is 0 Å². The van der Waals surface area contributed by atoms with Crippen molar-refractivity contribution in [2.45, 2.75) is 25.9 Å². The van der Waals surface area contributed by atoms with Crippen molar-refractivity contribution in [3.05, 3.63) is 53.7 Å². The molecular weight excluding hydrogens is 382 g/mol. The van der Waals surface area contributed by atoms with E-state index in [4.69, 9.17) is 10.2 Å². The Balaban J connectivity index is 1.27. The quantitative estimate of drug-likeness (QED) is 0.770. The summed E-state index contributed by atoms with van der Waals surface area (Å²) in [5.41, 5.74) is 7.04. The van der Waals surface area contributed by atoms with E-state index in [9.17, 15) is 9.59 Å². The van der Waals surface area contributed by atoms with E-state index in [1.54, 1.807) is 4.90 Å². The number of carbonyl (C=O) groups excluding carboxylic acids is 2. The largest absolute Gasteiger partial charge is 0.447 e. The first kappa shape index (κ1) is 20.6. The minimum atomic E-state index is -0.347. The van der Waals surface area contributed by atoms with Gasteiger partial charge in [0.2, 0.25) is 11.8 Å². The predicted octanol–water partition coefficient (Wildman–Crippen LogP) is 1.33. The number of aromatic nitrogens is 1. The molecule has 2 saturated heterocycles. The lowest BCUT2D eigenvalue weighted by atomic mass is 9.97. The zero-order valence-corrected chi connectivity index (χ0v) is 17.2. The summed E-state index contributed by atoms with van der Waals surface area (Å²) in [6.07, 6.45) is 2.94. The highest BCUT2D eigenvalue weighted by Crippen LogP contribution is 2.19. The lowest BCUT2D eigenvalue weighted by Gasteiger charge is -2.34. The third-order valence-corrected chi connectivity index (χ3v) is 5.95. The number of likely N-dealkylation sites (tertiary alicyclic amines) is 1. The lowest BCUT2D eigenvalue weighted by molar-refractivity contribution is -0.123. The van der Waals surface area contributed by atoms with Crippen molar-refractivity contribution in [1.82, 2.24) is 19.7 Å². The van der Waals surface area contributed by atoms with Crippen LogP contribution in [0.25, 0.3) is 0 Å². The summed E-state index contributed by atoms with van der Waals surface area (Å²) >= 11 is 0. The predicted molar refractivity (Wildman–Crippen MR) is 111 cm³/mol. The molecule has 3 heterocycles. The highest BCUT2D eigenvalue weighted by atomic mass is 16.3. The molecule has 2 aliphatic heterocycles. The van der Waals surface area contributed by atoms with Crippen molar-refractivity contribution in [3.63, 3.8) is 0 Å². The fourth-order valence-electron chi connectivity index (χ4n) is 4.18. The standard InChI is InChI=1S/C22H29N5O3/c23-21(28)18-7-4-8-27(14-18)22(29)19-16-30-20(24-19)15-26-11-9-25(10-12-26)13-17-5-2-1-3-6-17/h1-3,5-6,16,18H,4,7-15H2,(H2,23,28)/t18-/m1/s1. The molecule has 0 bridgehead atoms. The van der Waals surface area contributed by atoms with Gasteiger partial charge in [-0.15, -0.1) is 0 Å². The molecule has 8 heteroatoms. The van der Waals surface area contributed by atoms with Crippen LogP contribution in [0, 0.1) is 5.92 Å². The second kappa shape index (κ2) is 9.40. The van der Waals surface area contributed by atoms with E-state index in [1.807, 2.05) is 6.07 Å². The molecule has 2 amide bonds. The molecule has 1 atom stereocenters. The molecule has 0 saturated carbocycles. The summed E-state index contributed by atoms with van der Waals surface area (Å²) in [7, 11) is 0. The highest BCUT2D eigenvalue weighted by molar-refractivity contribution is 5.92. The van der Waals surface area contributed by atoms with Gasteiger partial charge >= 0.3 is 0 Å². The van der Waals surface area contributed by atoms with E-state index < -0.39 is 0 Å². The third-order valence-electron chi connectivity index (χ3n) is 5.95. The molecule has 2 aliphatic rings. The van der Waals surface area contributed by atoms with E-state index in [2.05, 4.69) is 39.0 Å². The molecular formula is C22H29N5O3. The Bertz CT molecular complexity index is 861. The number of hydrogen-bond acceptors (Lipinski definition) is 6. The summed E-state index contributed by atoms with van der Waals surface area (Å²) in [5.74, 6) is -0.261. The first-order valence-electron chi connectivity index (χ1n) is 10.6. The van der Waals surface area contributed by atoms with E-state index in [1.165, 1.54) is 11.8 Å². The van der Waals surface area contributed by atoms with Gasteiger partial charge in [0, 0.05) is 45.8 Å². The number of nitrogens with two attached hydrogens (primary N) is 1. The van der Waals surface area contributed by atoms with Crippen molar-refractivity contribution < 1.29 is 14.0 Å². The number of piperazine rings is 1. The molecule has 2 fully saturated rings. The first-order valence-corrected chi connectivity index (χ1v) is 10.6. The topological polar surface area (TPSA) is 95.9 Å². The molecule has 0 radical (unpaired) electrons. The number of nitrogens with zero attached hydrogens (tertiary/aromatic N) is 4. The second-order valence-electron chi connectivity index (χ2n) is 8.16. The van der Waals surface area contributed by atoms with Gasteiger partial charge in [-0.1, -0.05) is 30.3 Å². The van der Waals surface area contributed by atoms with Crippen LogP contribution in [0.3, 0.4) is 0 Å². The highest BCUT2D eigenvalue weighted by Gasteiger charge is 2.29. The molecule has 0 unspecified atom stereocenters. The Morgan fingerprint density at radius 1 is 1.03 bits per heavy atom. The summed E-state index contributed by atoms with van der Waals surface area (Å²) in [6, 6.07) is 10.5. The third kappa shape index (κ3) is 5.06. The van der Waals surface area contributed by atoms with E-state index in [0.29, 0.717) is 31.2 Å². The normalized spacial score (nSPS) is 20.9. The van der Waals surface area contributed by atoms with Crippen molar-refractivity contribution in [1.29, 1.82) is 0 Å². The minimum Gasteiger partial charge on any atom is -0.447 e. The van der Waals surface area contributed by atoms with E-state index in [-0.39, 0.29) is 17.7 Å². The van der Waals surface area contributed by atoms with Crippen LogP contribution in [0.4, 0.5) is 0 Å². The molecule has 2 N–H and O–H groups in total. The fourth-order valence-corrected chi connectivity index (χ4v) is 4.18. The van der Waals surface area contributed by atoms with Gasteiger partial charge in [0.1, 0.15) is 6.26 Å². The number of hydrogen-bond donors (Lipinski definition) is 1. The van der Waals surface area contributed by atoms with Crippen molar-refractivity contribution in [2.75, 3.05) is 39.3 Å². The van der Waals surface area contributed by atoms with Gasteiger partial charge in [-0.3, -0.25) is 19.4 Å². The number of carbonyl (C=O) groups is 2. The average molecular weight is 412 g/mol. The van der Waals surface area contributed by atoms with Crippen molar-refractivity contribution in [3.8, 4) is 0 Å². The van der Waals surface area contributed by atoms with Crippen LogP contribution in [-0.4, -0.2) is 70.8 Å². The Morgan fingerprint density at radius 3 is 2.43 bits per heavy atom. The molecule has 0 spiro atoms. The molecule has 160 valence electrons. The number of primary amides is 1. The van der Waals surface area contributed by atoms with Gasteiger partial charge in [0.05, 0.1) is 12.5 Å². The molecule has 0 aliphatic carbocycles. The van der Waals surface area contributed by atoms with E-state index >= 15 is 0 Å². The SMILES string of the molecule is NC(=O)[C@@H]1CCCN(C(=O)c2coc(CN3CCN(Cc4ccccc4)CC3)n2)C1. The summed E-state index contributed by atoms with van der Waals surface area (Å²) in [6.45, 7) is 6.39. The summed E-state index contributed by atoms with van der Waals surface area (Å²) in [5, 5.41) is 0. The lowest BCUT2D eigenvalue weighted by Crippen LogP contribution is -2.45. The summed E-state index contributed by atoms with van der Waals surface area (Å²) in [4.78, 5) is 35.0. The van der Waals surface area contributed by atoms with Crippen LogP contribution in [0.1, 0.15) is 34.8 Å². The number of benzene rings is 1. The van der Waals surface area contributed by atoms with Crippen LogP contribution in [0.2, 0.25) is 0 Å². The van der Waals surface area contributed by atoms with Crippen LogP contribution in [-0.2, 0) is 17.9 Å². The zero-order valence-electron chi connectivity index (χ0n) is 17.2. The maximum atomic E-state index is 12.7. The van der Waals surface area contributed by atoms with Gasteiger partial charge in [-0.25, -0.2) is 4.98 Å². The molecule has 8 nitrogen and oxygen atoms in total. The molecule has 30 heavy (non-hydrogen) atoms. The number of oxazole rings is 1. The Kier molecular flexibility index (Phi) is 6.44. The smallest absolute Gasteiger partial charge is 0.275 e. The Morgan fingerprint density at radius 2 is 1.73 bits per heavy atom. The van der Waals surface area contributed by atoms with Crippen molar-refractivity contribution in [2.24, 2.45) is 11.7 Å². The molecule has 1 aromatic heterocycles. The van der Waals surface area contributed by atoms with Crippen molar-refractivity contribution >= 4 is 11.8 Å². The van der Waals surface area contributed by atoms with Crippen LogP contribution < -0.4 is 5.73 Å². The zero-order chi connectivity index (χ0) is 20.9. The Labute approximate surface area is 176 Å². The Hall–Kier alpha value is -2.71. The molecule has 4 rings (SSSR count). The average Bonchev–Trinajstić information content (AvgIpc) is 3.24. The van der Waals surface area contributed by atoms with Gasteiger partial charge in [0.15, 0.2) is 5.69 Å². The first-order chi connectivity index (χ1) is 14.6. The second-order valence-corrected chi connectivity index (χ2v) is 8.16. The van der Waals surface area contributed by atoms with Crippen LogP contribution in [0.15, 0.2) is 41.0 Å². The summed E-state index contributed by atoms with van der Waals surface area (Å²) < 4.78 is 5.57. The fraction of sp³-hybridized carbons (Fsp3) is 0.500. The minimum absolute atomic E-state index is 0.191. The number of rotatable bonds is 6. The van der Waals surface area contributed by atoms with Crippen LogP contribution >= 0.6 is 0 Å². The monoisotopic (exact) mass is 411 g/mol. The van der Waals surface area contributed by atoms with Gasteiger partial charge in [-0.05, 0) is 18.4 Å². The molecule has 1 aromatic carbocycles. The maximum Gasteiger partial charge on any atom is 0.275 e. The number of amides is 2. The van der Waals surface area contributed by atoms with Crippen LogP contribution in [0.5, 0.6) is 0 Å². The van der Waals surface area contributed by atoms with E-state index in [0.717, 1.165) is 45.6 Å². The van der Waals surface area contributed by atoms with Gasteiger partial charge in [0.25, 0.3) is 5.91 Å². The molecule has 2 aromatic rings. The maximum absolute atomic E-state index is 12.7. The number of piperidine rings is 1. The van der Waals surface area contributed by atoms with Gasteiger partial charge < -0.3 is 15.1 Å².